The molecule has 0 radical (unpaired) electrons. The van der Waals surface area contributed by atoms with E-state index in [-0.39, 0.29) is 40.9 Å². The van der Waals surface area contributed by atoms with Crippen LogP contribution >= 0.6 is 0 Å². The SMILES string of the molecule is Cc1ccc(C(=C(/C=C/C(O)CC(O)CC(=O)OC(C)(C)C)c2nnnn2C)c2ccc(C)cc2F)c(F)c1. The number of hydrogen-bond acceptors (Lipinski definition) is 7. The van der Waals surface area contributed by atoms with Crippen molar-refractivity contribution in [3.8, 4) is 0 Å². The molecule has 8 nitrogen and oxygen atoms in total. The molecule has 3 aromatic rings. The van der Waals surface area contributed by atoms with Crippen molar-refractivity contribution in [1.29, 1.82) is 0 Å². The number of hydrogen-bond donors (Lipinski definition) is 2. The monoisotopic (exact) mass is 540 g/mol. The van der Waals surface area contributed by atoms with Crippen LogP contribution in [0.4, 0.5) is 8.78 Å². The largest absolute Gasteiger partial charge is 0.460 e. The summed E-state index contributed by atoms with van der Waals surface area (Å²) >= 11 is 0. The number of tetrazole rings is 1. The fourth-order valence-electron chi connectivity index (χ4n) is 4.03. The van der Waals surface area contributed by atoms with Gasteiger partial charge >= 0.3 is 5.97 Å². The lowest BCUT2D eigenvalue weighted by Crippen LogP contribution is -2.27. The van der Waals surface area contributed by atoms with Gasteiger partial charge in [-0.25, -0.2) is 13.5 Å². The zero-order chi connectivity index (χ0) is 28.9. The number of nitrogens with zero attached hydrogens (tertiary/aromatic N) is 4. The summed E-state index contributed by atoms with van der Waals surface area (Å²) in [7, 11) is 1.58. The number of esters is 1. The number of ether oxygens (including phenoxy) is 1. The molecule has 0 saturated carbocycles. The standard InChI is InChI=1S/C29H34F2N4O4/c1-17-7-10-21(24(30)13-17)27(22-11-8-18(2)14-25(22)31)23(28-32-33-34-35(28)6)12-9-19(36)15-20(37)16-26(38)39-29(3,4)5/h7-14,19-20,36-37H,15-16H2,1-6H3/b12-9+. The summed E-state index contributed by atoms with van der Waals surface area (Å²) in [6.45, 7) is 8.64. The van der Waals surface area contributed by atoms with Crippen molar-refractivity contribution >= 4 is 17.1 Å². The lowest BCUT2D eigenvalue weighted by molar-refractivity contribution is -0.157. The first-order valence-corrected chi connectivity index (χ1v) is 12.5. The fraction of sp³-hybridized carbons (Fsp3) is 0.379. The number of halogens is 2. The summed E-state index contributed by atoms with van der Waals surface area (Å²) < 4.78 is 37.3. The molecular formula is C29H34F2N4O4. The fourth-order valence-corrected chi connectivity index (χ4v) is 4.03. The number of aromatic nitrogens is 4. The second-order valence-corrected chi connectivity index (χ2v) is 10.5. The summed E-state index contributed by atoms with van der Waals surface area (Å²) in [6.07, 6.45) is -0.0254. The maximum Gasteiger partial charge on any atom is 0.308 e. The second kappa shape index (κ2) is 12.4. The average molecular weight is 541 g/mol. The topological polar surface area (TPSA) is 110 Å². The smallest absolute Gasteiger partial charge is 0.308 e. The van der Waals surface area contributed by atoms with Gasteiger partial charge < -0.3 is 14.9 Å². The van der Waals surface area contributed by atoms with Gasteiger partial charge in [0, 0.05) is 35.7 Å². The third-order valence-electron chi connectivity index (χ3n) is 5.74. The Morgan fingerprint density at radius 2 is 1.62 bits per heavy atom. The molecule has 0 aliphatic carbocycles. The highest BCUT2D eigenvalue weighted by Gasteiger charge is 2.23. The van der Waals surface area contributed by atoms with E-state index in [0.717, 1.165) is 0 Å². The first kappa shape index (κ1) is 29.8. The van der Waals surface area contributed by atoms with Crippen LogP contribution in [0.3, 0.4) is 0 Å². The third kappa shape index (κ3) is 8.11. The Morgan fingerprint density at radius 3 is 2.08 bits per heavy atom. The molecule has 3 rings (SSSR count). The maximum atomic E-state index is 15.3. The Hall–Kier alpha value is -3.76. The van der Waals surface area contributed by atoms with E-state index >= 15 is 8.78 Å². The Kier molecular flexibility index (Phi) is 9.47. The van der Waals surface area contributed by atoms with E-state index in [1.54, 1.807) is 65.9 Å². The van der Waals surface area contributed by atoms with Crippen LogP contribution in [0.15, 0.2) is 48.6 Å². The molecule has 0 aliphatic heterocycles. The zero-order valence-electron chi connectivity index (χ0n) is 22.9. The minimum absolute atomic E-state index is 0.116. The van der Waals surface area contributed by atoms with Crippen molar-refractivity contribution in [1.82, 2.24) is 20.2 Å². The van der Waals surface area contributed by atoms with E-state index in [9.17, 15) is 15.0 Å². The van der Waals surface area contributed by atoms with Gasteiger partial charge in [0.05, 0.1) is 18.6 Å². The molecule has 2 aromatic carbocycles. The molecule has 2 atom stereocenters. The van der Waals surface area contributed by atoms with Gasteiger partial charge in [-0.15, -0.1) is 5.10 Å². The number of allylic oxidation sites excluding steroid dienone is 2. The van der Waals surface area contributed by atoms with Gasteiger partial charge in [0.2, 0.25) is 0 Å². The Labute approximate surface area is 226 Å². The van der Waals surface area contributed by atoms with E-state index in [1.165, 1.54) is 29.0 Å². The molecule has 2 N–H and O–H groups in total. The highest BCUT2D eigenvalue weighted by atomic mass is 19.1. The summed E-state index contributed by atoms with van der Waals surface area (Å²) in [5.74, 6) is -1.54. The summed E-state index contributed by atoms with van der Waals surface area (Å²) in [6, 6.07) is 9.22. The van der Waals surface area contributed by atoms with Gasteiger partial charge in [0.15, 0.2) is 5.82 Å². The molecule has 1 aromatic heterocycles. The molecule has 0 saturated heterocycles. The molecule has 0 fully saturated rings. The van der Waals surface area contributed by atoms with Crippen molar-refractivity contribution in [3.63, 3.8) is 0 Å². The average Bonchev–Trinajstić information content (AvgIpc) is 3.22. The maximum absolute atomic E-state index is 15.3. The van der Waals surface area contributed by atoms with Crippen molar-refractivity contribution in [3.05, 3.63) is 88.3 Å². The molecule has 1 heterocycles. The van der Waals surface area contributed by atoms with E-state index < -0.39 is 35.4 Å². The lowest BCUT2D eigenvalue weighted by Gasteiger charge is -2.21. The molecule has 10 heteroatoms. The van der Waals surface area contributed by atoms with E-state index in [4.69, 9.17) is 4.74 Å². The first-order valence-electron chi connectivity index (χ1n) is 12.5. The lowest BCUT2D eigenvalue weighted by atomic mass is 9.90. The van der Waals surface area contributed by atoms with Gasteiger partial charge in [-0.2, -0.15) is 0 Å². The number of aryl methyl sites for hydroxylation is 3. The van der Waals surface area contributed by atoms with Gasteiger partial charge in [-0.05, 0) is 68.3 Å². The number of rotatable bonds is 9. The van der Waals surface area contributed by atoms with Crippen LogP contribution in [0.5, 0.6) is 0 Å². The Balaban J connectivity index is 2.09. The van der Waals surface area contributed by atoms with E-state index in [1.807, 2.05) is 0 Å². The Morgan fingerprint density at radius 1 is 1.05 bits per heavy atom. The van der Waals surface area contributed by atoms with Gasteiger partial charge in [-0.1, -0.05) is 36.4 Å². The van der Waals surface area contributed by atoms with E-state index in [2.05, 4.69) is 15.5 Å². The zero-order valence-corrected chi connectivity index (χ0v) is 22.9. The molecule has 0 aliphatic rings. The van der Waals surface area contributed by atoms with Crippen LogP contribution in [0, 0.1) is 25.5 Å². The summed E-state index contributed by atoms with van der Waals surface area (Å²) in [5.41, 5.74) is 1.33. The summed E-state index contributed by atoms with van der Waals surface area (Å²) in [4.78, 5) is 12.0. The predicted molar refractivity (Wildman–Crippen MR) is 143 cm³/mol. The highest BCUT2D eigenvalue weighted by Crippen LogP contribution is 2.35. The Bertz CT molecular complexity index is 1340. The molecule has 0 spiro atoms. The van der Waals surface area contributed by atoms with Crippen molar-refractivity contribution in [2.45, 2.75) is 65.3 Å². The molecule has 39 heavy (non-hydrogen) atoms. The quantitative estimate of drug-likeness (QED) is 0.305. The number of carbonyl (C=O) groups excluding carboxylic acids is 1. The molecule has 0 bridgehead atoms. The van der Waals surface area contributed by atoms with Crippen LogP contribution in [-0.4, -0.2) is 54.2 Å². The third-order valence-corrected chi connectivity index (χ3v) is 5.74. The normalized spacial score (nSPS) is 13.4. The van der Waals surface area contributed by atoms with Crippen molar-refractivity contribution in [2.24, 2.45) is 7.05 Å². The van der Waals surface area contributed by atoms with Crippen molar-refractivity contribution < 1.29 is 28.5 Å². The van der Waals surface area contributed by atoms with Crippen LogP contribution in [0.1, 0.15) is 61.7 Å². The van der Waals surface area contributed by atoms with Gasteiger partial charge in [-0.3, -0.25) is 4.79 Å². The number of aliphatic hydroxyl groups excluding tert-OH is 2. The van der Waals surface area contributed by atoms with Crippen LogP contribution in [-0.2, 0) is 16.6 Å². The van der Waals surface area contributed by atoms with Crippen LogP contribution < -0.4 is 0 Å². The highest BCUT2D eigenvalue weighted by molar-refractivity contribution is 6.01. The first-order chi connectivity index (χ1) is 18.2. The molecule has 2 unspecified atom stereocenters. The van der Waals surface area contributed by atoms with Gasteiger partial charge in [0.25, 0.3) is 0 Å². The summed E-state index contributed by atoms with van der Waals surface area (Å²) in [5, 5.41) is 32.6. The molecule has 0 amide bonds. The number of carbonyl (C=O) groups is 1. The van der Waals surface area contributed by atoms with Crippen molar-refractivity contribution in [2.75, 3.05) is 0 Å². The van der Waals surface area contributed by atoms with Crippen LogP contribution in [0.2, 0.25) is 0 Å². The minimum Gasteiger partial charge on any atom is -0.460 e. The number of aliphatic hydroxyl groups is 2. The van der Waals surface area contributed by atoms with Gasteiger partial charge in [0.1, 0.15) is 17.2 Å². The molecular weight excluding hydrogens is 506 g/mol. The molecule has 208 valence electrons. The number of benzene rings is 2. The second-order valence-electron chi connectivity index (χ2n) is 10.5. The van der Waals surface area contributed by atoms with E-state index in [0.29, 0.717) is 11.1 Å². The van der Waals surface area contributed by atoms with Crippen LogP contribution in [0.25, 0.3) is 11.1 Å². The predicted octanol–water partition coefficient (Wildman–Crippen LogP) is 4.46. The minimum atomic E-state index is -1.20.